The van der Waals surface area contributed by atoms with E-state index in [1.165, 1.54) is 12.8 Å². The Balaban J connectivity index is 0.000000233. The van der Waals surface area contributed by atoms with E-state index in [4.69, 9.17) is 0 Å². The van der Waals surface area contributed by atoms with Crippen LogP contribution in [-0.2, 0) is 10.0 Å². The number of benzene rings is 3. The number of aryl methyl sites for hydroxylation is 2. The van der Waals surface area contributed by atoms with Crippen LogP contribution >= 0.6 is 0 Å². The number of hydrogen-bond acceptors (Lipinski definition) is 4. The van der Waals surface area contributed by atoms with Crippen molar-refractivity contribution in [2.75, 3.05) is 16.6 Å². The minimum absolute atomic E-state index is 0.0948. The van der Waals surface area contributed by atoms with Crippen molar-refractivity contribution in [3.05, 3.63) is 89.0 Å². The molecule has 0 amide bonds. The average molecular weight is 505 g/mol. The van der Waals surface area contributed by atoms with E-state index in [1.807, 2.05) is 88.4 Å². The number of ketones is 1. The van der Waals surface area contributed by atoms with Gasteiger partial charge in [-0.3, -0.25) is 9.52 Å². The zero-order chi connectivity index (χ0) is 25.9. The number of hydrogen-bond donors (Lipinski definition) is 2. The number of nitrogens with one attached hydrogen (secondary N) is 2. The molecule has 2 atom stereocenters. The van der Waals surface area contributed by atoms with E-state index in [2.05, 4.69) is 10.0 Å². The highest BCUT2D eigenvalue weighted by Gasteiger charge is 2.34. The molecular weight excluding hydrogens is 468 g/mol. The molecule has 3 aromatic carbocycles. The molecule has 5 rings (SSSR count). The number of sulfonamides is 1. The highest BCUT2D eigenvalue weighted by atomic mass is 32.2. The third-order valence-electron chi connectivity index (χ3n) is 7.29. The Kier molecular flexibility index (Phi) is 7.84. The molecule has 1 saturated carbocycles. The Morgan fingerprint density at radius 2 is 1.69 bits per heavy atom. The Bertz CT molecular complexity index is 1330. The van der Waals surface area contributed by atoms with E-state index >= 15 is 0 Å². The van der Waals surface area contributed by atoms with Crippen LogP contribution in [0.3, 0.4) is 0 Å². The summed E-state index contributed by atoms with van der Waals surface area (Å²) in [5.41, 5.74) is 5.89. The first-order valence-electron chi connectivity index (χ1n) is 12.7. The van der Waals surface area contributed by atoms with E-state index in [0.717, 1.165) is 40.9 Å². The summed E-state index contributed by atoms with van der Waals surface area (Å²) < 4.78 is 28.4. The number of carbonyl (C=O) groups is 1. The largest absolute Gasteiger partial charge is 0.385 e. The predicted molar refractivity (Wildman–Crippen MR) is 147 cm³/mol. The molecule has 3 aromatic rings. The van der Waals surface area contributed by atoms with Crippen molar-refractivity contribution in [2.45, 2.75) is 57.8 Å². The lowest BCUT2D eigenvalue weighted by Crippen LogP contribution is -2.24. The smallest absolute Gasteiger partial charge is 0.261 e. The number of carbonyl (C=O) groups excluding carboxylic acids is 1. The van der Waals surface area contributed by atoms with Crippen molar-refractivity contribution in [3.63, 3.8) is 0 Å². The van der Waals surface area contributed by atoms with Gasteiger partial charge in [-0.1, -0.05) is 56.7 Å². The van der Waals surface area contributed by atoms with Crippen molar-refractivity contribution >= 4 is 27.2 Å². The topological polar surface area (TPSA) is 75.3 Å². The van der Waals surface area contributed by atoms with Gasteiger partial charge in [-0.25, -0.2) is 8.42 Å². The summed E-state index contributed by atoms with van der Waals surface area (Å²) in [5, 5.41) is 3.46. The summed E-state index contributed by atoms with van der Waals surface area (Å²) in [7, 11) is -3.58. The van der Waals surface area contributed by atoms with Crippen LogP contribution in [0.4, 0.5) is 11.4 Å². The molecule has 2 aliphatic rings. The molecule has 1 heterocycles. The second-order valence-corrected chi connectivity index (χ2v) is 11.9. The van der Waals surface area contributed by atoms with Crippen LogP contribution in [0.2, 0.25) is 0 Å². The summed E-state index contributed by atoms with van der Waals surface area (Å²) >= 11 is 0. The van der Waals surface area contributed by atoms with Gasteiger partial charge in [0, 0.05) is 29.4 Å². The predicted octanol–water partition coefficient (Wildman–Crippen LogP) is 6.94. The zero-order valence-corrected chi connectivity index (χ0v) is 22.4. The van der Waals surface area contributed by atoms with Crippen LogP contribution in [0, 0.1) is 25.7 Å². The van der Waals surface area contributed by atoms with E-state index < -0.39 is 10.0 Å². The first-order valence-corrected chi connectivity index (χ1v) is 14.2. The van der Waals surface area contributed by atoms with Gasteiger partial charge in [-0.2, -0.15) is 0 Å². The molecule has 5 nitrogen and oxygen atoms in total. The van der Waals surface area contributed by atoms with E-state index in [0.29, 0.717) is 22.4 Å². The number of rotatable bonds is 5. The normalized spacial score (nSPS) is 18.4. The Labute approximate surface area is 215 Å². The second-order valence-electron chi connectivity index (χ2n) is 10.2. The van der Waals surface area contributed by atoms with Crippen molar-refractivity contribution in [3.8, 4) is 0 Å². The fraction of sp³-hybridized carbons (Fsp3) is 0.367. The Hall–Kier alpha value is -3.12. The summed E-state index contributed by atoms with van der Waals surface area (Å²) in [4.78, 5) is 11.7. The van der Waals surface area contributed by atoms with Gasteiger partial charge < -0.3 is 5.32 Å². The third-order valence-corrected chi connectivity index (χ3v) is 8.67. The highest BCUT2D eigenvalue weighted by molar-refractivity contribution is 7.92. The van der Waals surface area contributed by atoms with Crippen molar-refractivity contribution in [1.82, 2.24) is 0 Å². The van der Waals surface area contributed by atoms with Gasteiger partial charge in [-0.05, 0) is 85.5 Å². The second kappa shape index (κ2) is 10.9. The van der Waals surface area contributed by atoms with Crippen LogP contribution in [0.25, 0.3) is 0 Å². The fourth-order valence-electron chi connectivity index (χ4n) is 5.06. The van der Waals surface area contributed by atoms with Gasteiger partial charge >= 0.3 is 0 Å². The molecule has 6 heteroatoms. The standard InChI is InChI=1S/C20H24N2O2S.C10H12O/c1-13-6-7-16(10-14(13)2)22-25(23,24)17-8-9-20-19(11-17)18-5-3-4-15(18)12-21-20;1-8(2)10(11)9-6-4-3-5-7-9/h6-11,15,18,21-22H,3-5,12H2,1-2H3;3-8H,1-2H3/t15-,18-;/m0./s1. The first kappa shape index (κ1) is 26.0. The molecule has 0 unspecified atom stereocenters. The van der Waals surface area contributed by atoms with Crippen LogP contribution < -0.4 is 10.0 Å². The molecule has 0 spiro atoms. The fourth-order valence-corrected chi connectivity index (χ4v) is 6.15. The van der Waals surface area contributed by atoms with Crippen molar-refractivity contribution in [1.29, 1.82) is 0 Å². The highest BCUT2D eigenvalue weighted by Crippen LogP contribution is 2.46. The minimum atomic E-state index is -3.58. The Morgan fingerprint density at radius 1 is 0.944 bits per heavy atom. The maximum atomic E-state index is 12.8. The van der Waals surface area contributed by atoms with E-state index in [1.54, 1.807) is 6.07 Å². The summed E-state index contributed by atoms with van der Waals surface area (Å²) in [6, 6.07) is 20.5. The summed E-state index contributed by atoms with van der Waals surface area (Å²) in [6.07, 6.45) is 3.62. The molecule has 0 bridgehead atoms. The van der Waals surface area contributed by atoms with Crippen molar-refractivity contribution < 1.29 is 13.2 Å². The van der Waals surface area contributed by atoms with Crippen LogP contribution in [-0.4, -0.2) is 20.7 Å². The molecule has 1 fully saturated rings. The number of Topliss-reactive ketones (excluding diaryl/α,β-unsaturated/α-hetero) is 1. The zero-order valence-electron chi connectivity index (χ0n) is 21.5. The minimum Gasteiger partial charge on any atom is -0.385 e. The van der Waals surface area contributed by atoms with E-state index in [9.17, 15) is 13.2 Å². The Morgan fingerprint density at radius 3 is 2.39 bits per heavy atom. The quantitative estimate of drug-likeness (QED) is 0.369. The molecule has 2 N–H and O–H groups in total. The third kappa shape index (κ3) is 5.81. The van der Waals surface area contributed by atoms with Gasteiger partial charge in [0.1, 0.15) is 0 Å². The summed E-state index contributed by atoms with van der Waals surface area (Å²) in [6.45, 7) is 8.83. The molecular formula is C30H36N2O3S. The number of anilines is 2. The molecule has 1 aliphatic heterocycles. The SMILES string of the molecule is CC(C)C(=O)c1ccccc1.Cc1ccc(NS(=O)(=O)c2ccc3c(c2)[C@H]2CCC[C@H]2CN3)cc1C. The maximum absolute atomic E-state index is 12.8. The molecule has 190 valence electrons. The van der Waals surface area contributed by atoms with Gasteiger partial charge in [0.05, 0.1) is 4.90 Å². The van der Waals surface area contributed by atoms with Crippen LogP contribution in [0.15, 0.2) is 71.6 Å². The monoisotopic (exact) mass is 504 g/mol. The van der Waals surface area contributed by atoms with Gasteiger partial charge in [0.15, 0.2) is 5.78 Å². The van der Waals surface area contributed by atoms with Gasteiger partial charge in [0.25, 0.3) is 10.0 Å². The molecule has 1 aliphatic carbocycles. The lowest BCUT2D eigenvalue weighted by Gasteiger charge is -2.30. The first-order chi connectivity index (χ1) is 17.2. The van der Waals surface area contributed by atoms with Crippen molar-refractivity contribution in [2.24, 2.45) is 11.8 Å². The molecule has 0 saturated heterocycles. The van der Waals surface area contributed by atoms with Crippen LogP contribution in [0.5, 0.6) is 0 Å². The molecule has 36 heavy (non-hydrogen) atoms. The van der Waals surface area contributed by atoms with Crippen LogP contribution in [0.1, 0.15) is 66.1 Å². The lowest BCUT2D eigenvalue weighted by molar-refractivity contribution is 0.0939. The average Bonchev–Trinajstić information content (AvgIpc) is 3.36. The lowest BCUT2D eigenvalue weighted by atomic mass is 9.85. The molecule has 0 aromatic heterocycles. The maximum Gasteiger partial charge on any atom is 0.261 e. The molecule has 0 radical (unpaired) electrons. The van der Waals surface area contributed by atoms with Gasteiger partial charge in [-0.15, -0.1) is 0 Å². The van der Waals surface area contributed by atoms with E-state index in [-0.39, 0.29) is 11.7 Å². The number of fused-ring (bicyclic) bond motifs is 3. The summed E-state index contributed by atoms with van der Waals surface area (Å²) in [5.74, 6) is 1.44. The van der Waals surface area contributed by atoms with Gasteiger partial charge in [0.2, 0.25) is 0 Å².